The number of likely N-dealkylation sites (tertiary alicyclic amines) is 1. The molecule has 6 nitrogen and oxygen atoms in total. The maximum Gasteiger partial charge on any atom is 0.259 e. The van der Waals surface area contributed by atoms with Crippen LogP contribution in [0.15, 0.2) is 4.52 Å². The smallest absolute Gasteiger partial charge is 0.259 e. The Labute approximate surface area is 149 Å². The van der Waals surface area contributed by atoms with Crippen LogP contribution in [-0.4, -0.2) is 41.0 Å². The molecular formula is C19H29N3O3. The predicted octanol–water partition coefficient (Wildman–Crippen LogP) is 2.85. The van der Waals surface area contributed by atoms with Crippen molar-refractivity contribution in [1.29, 1.82) is 0 Å². The molecule has 0 radical (unpaired) electrons. The van der Waals surface area contributed by atoms with E-state index in [0.29, 0.717) is 42.6 Å². The normalized spacial score (nSPS) is 22.0. The first-order valence-corrected chi connectivity index (χ1v) is 9.65. The topological polar surface area (TPSA) is 75.4 Å². The molecule has 25 heavy (non-hydrogen) atoms. The fourth-order valence-electron chi connectivity index (χ4n) is 4.03. The van der Waals surface area contributed by atoms with E-state index in [1.54, 1.807) is 11.8 Å². The summed E-state index contributed by atoms with van der Waals surface area (Å²) in [4.78, 5) is 27.3. The van der Waals surface area contributed by atoms with E-state index in [4.69, 9.17) is 4.52 Å². The number of piperidine rings is 1. The monoisotopic (exact) mass is 347 g/mol. The molecule has 1 saturated carbocycles. The van der Waals surface area contributed by atoms with Crippen LogP contribution in [0.4, 0.5) is 0 Å². The van der Waals surface area contributed by atoms with Crippen molar-refractivity contribution >= 4 is 11.8 Å². The van der Waals surface area contributed by atoms with Gasteiger partial charge in [-0.05, 0) is 39.0 Å². The van der Waals surface area contributed by atoms with Gasteiger partial charge in [0.25, 0.3) is 5.91 Å². The SMILES string of the molecule is CCc1noc(C)c1C(=O)N1CCC[C@H](C(=O)NC2CCCCC2)C1. The highest BCUT2D eigenvalue weighted by molar-refractivity contribution is 5.96. The van der Waals surface area contributed by atoms with Crippen molar-refractivity contribution in [3.63, 3.8) is 0 Å². The van der Waals surface area contributed by atoms with Gasteiger partial charge in [-0.3, -0.25) is 9.59 Å². The van der Waals surface area contributed by atoms with E-state index < -0.39 is 0 Å². The molecule has 0 spiro atoms. The summed E-state index contributed by atoms with van der Waals surface area (Å²) in [6.07, 6.45) is 8.22. The van der Waals surface area contributed by atoms with E-state index in [9.17, 15) is 9.59 Å². The van der Waals surface area contributed by atoms with Crippen LogP contribution in [0.3, 0.4) is 0 Å². The Morgan fingerprint density at radius 3 is 2.68 bits per heavy atom. The van der Waals surface area contributed by atoms with E-state index in [1.807, 2.05) is 6.92 Å². The summed E-state index contributed by atoms with van der Waals surface area (Å²) in [7, 11) is 0. The van der Waals surface area contributed by atoms with Crippen molar-refractivity contribution in [2.75, 3.05) is 13.1 Å². The summed E-state index contributed by atoms with van der Waals surface area (Å²) in [5, 5.41) is 7.19. The molecular weight excluding hydrogens is 318 g/mol. The fraction of sp³-hybridized carbons (Fsp3) is 0.737. The minimum atomic E-state index is -0.107. The average molecular weight is 347 g/mol. The van der Waals surface area contributed by atoms with E-state index in [1.165, 1.54) is 19.3 Å². The van der Waals surface area contributed by atoms with Gasteiger partial charge in [0.15, 0.2) is 0 Å². The van der Waals surface area contributed by atoms with Crippen LogP contribution in [0.1, 0.15) is 73.7 Å². The summed E-state index contributed by atoms with van der Waals surface area (Å²) in [5.41, 5.74) is 1.28. The van der Waals surface area contributed by atoms with Crippen LogP contribution in [0.5, 0.6) is 0 Å². The third-order valence-electron chi connectivity index (χ3n) is 5.51. The Balaban J connectivity index is 1.63. The number of nitrogens with one attached hydrogen (secondary N) is 1. The highest BCUT2D eigenvalue weighted by Gasteiger charge is 2.32. The van der Waals surface area contributed by atoms with Crippen LogP contribution >= 0.6 is 0 Å². The zero-order chi connectivity index (χ0) is 17.8. The zero-order valence-electron chi connectivity index (χ0n) is 15.3. The van der Waals surface area contributed by atoms with Gasteiger partial charge in [-0.25, -0.2) is 0 Å². The summed E-state index contributed by atoms with van der Waals surface area (Å²) in [6.45, 7) is 4.92. The molecule has 138 valence electrons. The van der Waals surface area contributed by atoms with E-state index >= 15 is 0 Å². The molecule has 1 aliphatic heterocycles. The maximum absolute atomic E-state index is 12.9. The second-order valence-electron chi connectivity index (χ2n) is 7.35. The summed E-state index contributed by atoms with van der Waals surface area (Å²) >= 11 is 0. The lowest BCUT2D eigenvalue weighted by atomic mass is 9.92. The molecule has 2 aliphatic rings. The molecule has 1 aromatic rings. The lowest BCUT2D eigenvalue weighted by molar-refractivity contribution is -0.127. The number of amides is 2. The summed E-state index contributed by atoms with van der Waals surface area (Å²) in [5.74, 6) is 0.522. The first-order chi connectivity index (χ1) is 12.1. The zero-order valence-corrected chi connectivity index (χ0v) is 15.3. The quantitative estimate of drug-likeness (QED) is 0.909. The lowest BCUT2D eigenvalue weighted by Gasteiger charge is -2.33. The van der Waals surface area contributed by atoms with Gasteiger partial charge in [-0.1, -0.05) is 31.3 Å². The van der Waals surface area contributed by atoms with Crippen LogP contribution in [0, 0.1) is 12.8 Å². The average Bonchev–Trinajstić information content (AvgIpc) is 3.02. The number of hydrogen-bond donors (Lipinski definition) is 1. The van der Waals surface area contributed by atoms with Gasteiger partial charge in [0.2, 0.25) is 5.91 Å². The fourth-order valence-corrected chi connectivity index (χ4v) is 4.03. The second kappa shape index (κ2) is 8.02. The highest BCUT2D eigenvalue weighted by atomic mass is 16.5. The van der Waals surface area contributed by atoms with E-state index in [-0.39, 0.29) is 17.7 Å². The summed E-state index contributed by atoms with van der Waals surface area (Å²) < 4.78 is 5.20. The number of carbonyl (C=O) groups excluding carboxylic acids is 2. The van der Waals surface area contributed by atoms with Gasteiger partial charge >= 0.3 is 0 Å². The molecule has 1 aromatic heterocycles. The van der Waals surface area contributed by atoms with E-state index in [2.05, 4.69) is 10.5 Å². The highest BCUT2D eigenvalue weighted by Crippen LogP contribution is 2.23. The predicted molar refractivity (Wildman–Crippen MR) is 94.3 cm³/mol. The molecule has 2 amide bonds. The number of carbonyl (C=O) groups is 2. The van der Waals surface area contributed by atoms with Crippen molar-refractivity contribution < 1.29 is 14.1 Å². The Morgan fingerprint density at radius 1 is 1.20 bits per heavy atom. The molecule has 2 heterocycles. The number of aromatic nitrogens is 1. The van der Waals surface area contributed by atoms with Gasteiger partial charge in [0.05, 0.1) is 11.6 Å². The van der Waals surface area contributed by atoms with Gasteiger partial charge in [-0.2, -0.15) is 0 Å². The number of rotatable bonds is 4. The first-order valence-electron chi connectivity index (χ1n) is 9.65. The molecule has 6 heteroatoms. The largest absolute Gasteiger partial charge is 0.361 e. The van der Waals surface area contributed by atoms with Crippen LogP contribution < -0.4 is 5.32 Å². The van der Waals surface area contributed by atoms with Gasteiger partial charge < -0.3 is 14.7 Å². The van der Waals surface area contributed by atoms with Crippen molar-refractivity contribution in [3.8, 4) is 0 Å². The van der Waals surface area contributed by atoms with Gasteiger partial charge in [0, 0.05) is 19.1 Å². The first kappa shape index (κ1) is 18.0. The Kier molecular flexibility index (Phi) is 5.76. The summed E-state index contributed by atoms with van der Waals surface area (Å²) in [6, 6.07) is 0.319. The number of hydrogen-bond acceptors (Lipinski definition) is 4. The third kappa shape index (κ3) is 4.05. The second-order valence-corrected chi connectivity index (χ2v) is 7.35. The van der Waals surface area contributed by atoms with Gasteiger partial charge in [-0.15, -0.1) is 0 Å². The van der Waals surface area contributed by atoms with Crippen molar-refractivity contribution in [2.45, 2.75) is 71.3 Å². The molecule has 2 fully saturated rings. The third-order valence-corrected chi connectivity index (χ3v) is 5.51. The molecule has 0 unspecified atom stereocenters. The minimum Gasteiger partial charge on any atom is -0.361 e. The van der Waals surface area contributed by atoms with Gasteiger partial charge in [0.1, 0.15) is 11.3 Å². The molecule has 1 saturated heterocycles. The van der Waals surface area contributed by atoms with Crippen LogP contribution in [0.25, 0.3) is 0 Å². The molecule has 0 aromatic carbocycles. The van der Waals surface area contributed by atoms with Crippen LogP contribution in [0.2, 0.25) is 0 Å². The maximum atomic E-state index is 12.9. The van der Waals surface area contributed by atoms with E-state index in [0.717, 1.165) is 25.7 Å². The Hall–Kier alpha value is -1.85. The Morgan fingerprint density at radius 2 is 1.96 bits per heavy atom. The Bertz CT molecular complexity index is 619. The van der Waals surface area contributed by atoms with Crippen LogP contribution in [-0.2, 0) is 11.2 Å². The number of nitrogens with zero attached hydrogens (tertiary/aromatic N) is 2. The lowest BCUT2D eigenvalue weighted by Crippen LogP contribution is -2.48. The standard InChI is InChI=1S/C19H29N3O3/c1-3-16-17(13(2)25-21-16)19(24)22-11-7-8-14(12-22)18(23)20-15-9-5-4-6-10-15/h14-15H,3-12H2,1-2H3,(H,20,23)/t14-/m0/s1. The number of aryl methyl sites for hydroxylation is 2. The molecule has 1 N–H and O–H groups in total. The molecule has 1 aliphatic carbocycles. The van der Waals surface area contributed by atoms with Crippen molar-refractivity contribution in [1.82, 2.24) is 15.4 Å². The van der Waals surface area contributed by atoms with Crippen molar-refractivity contribution in [3.05, 3.63) is 17.0 Å². The molecule has 3 rings (SSSR count). The molecule has 0 bridgehead atoms. The molecule has 1 atom stereocenters. The van der Waals surface area contributed by atoms with Crippen molar-refractivity contribution in [2.24, 2.45) is 5.92 Å². The minimum absolute atomic E-state index is 0.0502.